The molecule has 0 saturated carbocycles. The van der Waals surface area contributed by atoms with Gasteiger partial charge in [0, 0.05) is 25.0 Å². The first kappa shape index (κ1) is 20.4. The molecule has 0 radical (unpaired) electrons. The van der Waals surface area contributed by atoms with E-state index in [4.69, 9.17) is 0 Å². The fourth-order valence-electron chi connectivity index (χ4n) is 2.14. The first-order chi connectivity index (χ1) is 12.6. The van der Waals surface area contributed by atoms with Crippen LogP contribution in [0.15, 0.2) is 27.9 Å². The Kier molecular flexibility index (Phi) is 8.57. The number of aliphatic imine (C=N–C) groups is 1. The summed E-state index contributed by atoms with van der Waals surface area (Å²) < 4.78 is 0. The molecule has 0 aliphatic heterocycles. The van der Waals surface area contributed by atoms with Crippen molar-refractivity contribution in [1.29, 1.82) is 0 Å². The van der Waals surface area contributed by atoms with Crippen LogP contribution < -0.4 is 16.0 Å². The fourth-order valence-corrected chi connectivity index (χ4v) is 3.66. The summed E-state index contributed by atoms with van der Waals surface area (Å²) in [6, 6.07) is 3.71. The molecule has 0 unspecified atom stereocenters. The van der Waals surface area contributed by atoms with Gasteiger partial charge in [-0.3, -0.25) is 4.79 Å². The molecule has 0 aliphatic carbocycles. The largest absolute Gasteiger partial charge is 0.357 e. The van der Waals surface area contributed by atoms with E-state index in [1.807, 2.05) is 24.4 Å². The van der Waals surface area contributed by atoms with E-state index in [0.717, 1.165) is 41.0 Å². The van der Waals surface area contributed by atoms with Crippen LogP contribution in [-0.4, -0.2) is 36.5 Å². The van der Waals surface area contributed by atoms with E-state index in [1.54, 1.807) is 11.3 Å². The van der Waals surface area contributed by atoms with Crippen LogP contribution in [0, 0.1) is 0 Å². The predicted octanol–water partition coefficient (Wildman–Crippen LogP) is 3.20. The van der Waals surface area contributed by atoms with Crippen molar-refractivity contribution in [3.05, 3.63) is 38.5 Å². The molecule has 3 N–H and O–H groups in total. The van der Waals surface area contributed by atoms with Gasteiger partial charge >= 0.3 is 0 Å². The van der Waals surface area contributed by atoms with E-state index < -0.39 is 0 Å². The molecule has 2 rings (SSSR count). The molecule has 0 spiro atoms. The van der Waals surface area contributed by atoms with Crippen LogP contribution in [0.3, 0.4) is 0 Å². The molecule has 8 heteroatoms. The van der Waals surface area contributed by atoms with E-state index in [-0.39, 0.29) is 5.91 Å². The van der Waals surface area contributed by atoms with Crippen molar-refractivity contribution in [1.82, 2.24) is 20.9 Å². The number of nitrogens with zero attached hydrogens (tertiary/aromatic N) is 2. The van der Waals surface area contributed by atoms with E-state index >= 15 is 0 Å². The highest BCUT2D eigenvalue weighted by Gasteiger charge is 2.06. The third kappa shape index (κ3) is 6.76. The average Bonchev–Trinajstić information content (AvgIpc) is 3.30. The van der Waals surface area contributed by atoms with Gasteiger partial charge in [-0.1, -0.05) is 19.9 Å². The van der Waals surface area contributed by atoms with Crippen molar-refractivity contribution >= 4 is 34.5 Å². The zero-order valence-electron chi connectivity index (χ0n) is 15.5. The Morgan fingerprint density at radius 1 is 1.23 bits per heavy atom. The summed E-state index contributed by atoms with van der Waals surface area (Å²) in [5, 5.41) is 14.5. The van der Waals surface area contributed by atoms with Gasteiger partial charge in [0.05, 0.1) is 17.1 Å². The third-order valence-corrected chi connectivity index (χ3v) is 5.27. The SMILES string of the molecule is CCNC(=NCc1nc(C(C)C)cs1)NCCCNC(=O)c1cccs1. The van der Waals surface area contributed by atoms with Gasteiger partial charge in [0.15, 0.2) is 5.96 Å². The molecule has 142 valence electrons. The fraction of sp³-hybridized carbons (Fsp3) is 0.500. The molecule has 0 aromatic carbocycles. The highest BCUT2D eigenvalue weighted by Crippen LogP contribution is 2.18. The van der Waals surface area contributed by atoms with E-state index in [9.17, 15) is 4.79 Å². The molecular weight excluding hydrogens is 366 g/mol. The number of rotatable bonds is 9. The van der Waals surface area contributed by atoms with Gasteiger partial charge in [0.25, 0.3) is 5.91 Å². The van der Waals surface area contributed by atoms with Gasteiger partial charge in [-0.25, -0.2) is 9.98 Å². The maximum Gasteiger partial charge on any atom is 0.261 e. The topological polar surface area (TPSA) is 78.4 Å². The molecule has 0 atom stereocenters. The van der Waals surface area contributed by atoms with Crippen LogP contribution in [0.5, 0.6) is 0 Å². The first-order valence-corrected chi connectivity index (χ1v) is 10.6. The number of thiophene rings is 1. The Morgan fingerprint density at radius 3 is 2.69 bits per heavy atom. The second-order valence-electron chi connectivity index (χ2n) is 6.03. The van der Waals surface area contributed by atoms with Crippen molar-refractivity contribution in [2.75, 3.05) is 19.6 Å². The summed E-state index contributed by atoms with van der Waals surface area (Å²) in [6.07, 6.45) is 0.830. The zero-order chi connectivity index (χ0) is 18.8. The van der Waals surface area contributed by atoms with Gasteiger partial charge in [-0.15, -0.1) is 22.7 Å². The van der Waals surface area contributed by atoms with Gasteiger partial charge < -0.3 is 16.0 Å². The third-order valence-electron chi connectivity index (χ3n) is 3.55. The number of amides is 1. The second kappa shape index (κ2) is 10.9. The minimum absolute atomic E-state index is 0.00898. The van der Waals surface area contributed by atoms with Crippen LogP contribution in [0.2, 0.25) is 0 Å². The van der Waals surface area contributed by atoms with Crippen molar-refractivity contribution in [3.8, 4) is 0 Å². The number of thiazole rings is 1. The molecule has 0 fully saturated rings. The predicted molar refractivity (Wildman–Crippen MR) is 110 cm³/mol. The number of nitrogens with one attached hydrogen (secondary N) is 3. The van der Waals surface area contributed by atoms with Gasteiger partial charge in [-0.05, 0) is 30.7 Å². The zero-order valence-corrected chi connectivity index (χ0v) is 17.2. The molecular formula is C18H27N5OS2. The molecule has 6 nitrogen and oxygen atoms in total. The molecule has 2 heterocycles. The number of carbonyl (C=O) groups is 1. The Balaban J connectivity index is 1.72. The molecule has 2 aromatic heterocycles. The van der Waals surface area contributed by atoms with Gasteiger partial charge in [0.1, 0.15) is 5.01 Å². The maximum atomic E-state index is 11.9. The Morgan fingerprint density at radius 2 is 2.04 bits per heavy atom. The lowest BCUT2D eigenvalue weighted by molar-refractivity contribution is 0.0957. The van der Waals surface area contributed by atoms with Gasteiger partial charge in [-0.2, -0.15) is 0 Å². The number of carbonyl (C=O) groups excluding carboxylic acids is 1. The smallest absolute Gasteiger partial charge is 0.261 e. The summed E-state index contributed by atoms with van der Waals surface area (Å²) in [5.41, 5.74) is 1.12. The highest BCUT2D eigenvalue weighted by molar-refractivity contribution is 7.12. The lowest BCUT2D eigenvalue weighted by Crippen LogP contribution is -2.38. The Labute approximate surface area is 163 Å². The van der Waals surface area contributed by atoms with Crippen molar-refractivity contribution in [3.63, 3.8) is 0 Å². The first-order valence-electron chi connectivity index (χ1n) is 8.88. The van der Waals surface area contributed by atoms with Crippen LogP contribution in [0.4, 0.5) is 0 Å². The summed E-state index contributed by atoms with van der Waals surface area (Å²) in [7, 11) is 0. The Bertz CT molecular complexity index is 694. The molecule has 26 heavy (non-hydrogen) atoms. The number of guanidine groups is 1. The highest BCUT2D eigenvalue weighted by atomic mass is 32.1. The number of aromatic nitrogens is 1. The maximum absolute atomic E-state index is 11.9. The quantitative estimate of drug-likeness (QED) is 0.347. The number of hydrogen-bond acceptors (Lipinski definition) is 5. The van der Waals surface area contributed by atoms with Crippen molar-refractivity contribution < 1.29 is 4.79 Å². The van der Waals surface area contributed by atoms with Crippen LogP contribution in [-0.2, 0) is 6.54 Å². The van der Waals surface area contributed by atoms with Crippen molar-refractivity contribution in [2.24, 2.45) is 4.99 Å². The van der Waals surface area contributed by atoms with Crippen LogP contribution in [0.1, 0.15) is 53.5 Å². The van der Waals surface area contributed by atoms with Crippen LogP contribution >= 0.6 is 22.7 Å². The molecule has 0 bridgehead atoms. The lowest BCUT2D eigenvalue weighted by Gasteiger charge is -2.11. The van der Waals surface area contributed by atoms with Gasteiger partial charge in [0.2, 0.25) is 0 Å². The molecule has 1 amide bonds. The van der Waals surface area contributed by atoms with Crippen LogP contribution in [0.25, 0.3) is 0 Å². The van der Waals surface area contributed by atoms with Crippen molar-refractivity contribution in [2.45, 2.75) is 39.7 Å². The summed E-state index contributed by atoms with van der Waals surface area (Å²) in [6.45, 7) is 9.07. The minimum Gasteiger partial charge on any atom is -0.357 e. The number of hydrogen-bond donors (Lipinski definition) is 3. The summed E-state index contributed by atoms with van der Waals surface area (Å²) >= 11 is 3.10. The van der Waals surface area contributed by atoms with E-state index in [0.29, 0.717) is 19.0 Å². The minimum atomic E-state index is -0.00898. The monoisotopic (exact) mass is 393 g/mol. The van der Waals surface area contributed by atoms with E-state index in [2.05, 4.69) is 45.2 Å². The molecule has 0 aliphatic rings. The second-order valence-corrected chi connectivity index (χ2v) is 7.92. The summed E-state index contributed by atoms with van der Waals surface area (Å²) in [4.78, 5) is 21.8. The average molecular weight is 394 g/mol. The molecule has 0 saturated heterocycles. The van der Waals surface area contributed by atoms with E-state index in [1.165, 1.54) is 11.3 Å². The standard InChI is InChI=1S/C18H27N5OS2/c1-4-19-18(22-11-16-23-14(12-26-16)13(2)3)21-9-6-8-20-17(24)15-7-5-10-25-15/h5,7,10,12-13H,4,6,8-9,11H2,1-3H3,(H,20,24)(H2,19,21,22). The summed E-state index contributed by atoms with van der Waals surface area (Å²) in [5.74, 6) is 1.21. The molecule has 2 aromatic rings. The Hall–Kier alpha value is -1.93. The normalized spacial score (nSPS) is 11.6. The lowest BCUT2D eigenvalue weighted by atomic mass is 10.2.